The predicted octanol–water partition coefficient (Wildman–Crippen LogP) is 8.22. The van der Waals surface area contributed by atoms with Gasteiger partial charge in [-0.05, 0) is 52.1 Å². The molecule has 0 saturated carbocycles. The van der Waals surface area contributed by atoms with Crippen LogP contribution in [0.2, 0.25) is 0 Å². The van der Waals surface area contributed by atoms with Gasteiger partial charge in [0.1, 0.15) is 25.6 Å². The molecule has 5 aromatic rings. The van der Waals surface area contributed by atoms with Gasteiger partial charge in [0.25, 0.3) is 0 Å². The van der Waals surface area contributed by atoms with E-state index in [1.165, 1.54) is 5.56 Å². The van der Waals surface area contributed by atoms with Crippen molar-refractivity contribution in [1.82, 2.24) is 5.32 Å². The first-order valence-corrected chi connectivity index (χ1v) is 16.1. The second kappa shape index (κ2) is 19.6. The molecule has 6 nitrogen and oxygen atoms in total. The molecule has 242 valence electrons. The van der Waals surface area contributed by atoms with Gasteiger partial charge in [-0.25, -0.2) is 0 Å². The van der Waals surface area contributed by atoms with Crippen LogP contribution >= 0.6 is 0 Å². The highest BCUT2D eigenvalue weighted by atomic mass is 16.5. The fourth-order valence-corrected chi connectivity index (χ4v) is 4.71. The maximum Gasteiger partial charge on any atom is 0.162 e. The Morgan fingerprint density at radius 3 is 1.66 bits per heavy atom. The van der Waals surface area contributed by atoms with Gasteiger partial charge in [0, 0.05) is 13.1 Å². The van der Waals surface area contributed by atoms with Crippen molar-refractivity contribution in [2.45, 2.75) is 19.8 Å². The largest absolute Gasteiger partial charge is 0.491 e. The Morgan fingerprint density at radius 1 is 0.447 bits per heavy atom. The molecule has 0 saturated heterocycles. The fourth-order valence-electron chi connectivity index (χ4n) is 4.71. The topological polar surface area (TPSA) is 58.2 Å². The molecule has 6 heteroatoms. The quantitative estimate of drug-likeness (QED) is 0.0692. The number of ether oxygens (including phenoxy) is 5. The summed E-state index contributed by atoms with van der Waals surface area (Å²) in [6.45, 7) is 5.05. The van der Waals surface area contributed by atoms with Crippen molar-refractivity contribution in [3.05, 3.63) is 161 Å². The van der Waals surface area contributed by atoms with Gasteiger partial charge in [-0.2, -0.15) is 0 Å². The number of hydrogen-bond donors (Lipinski definition) is 1. The van der Waals surface area contributed by atoms with E-state index in [0.29, 0.717) is 52.8 Å². The first kappa shape index (κ1) is 33.5. The maximum atomic E-state index is 6.20. The van der Waals surface area contributed by atoms with E-state index >= 15 is 0 Å². The molecule has 1 N–H and O–H groups in total. The summed E-state index contributed by atoms with van der Waals surface area (Å²) in [7, 11) is 0. The van der Waals surface area contributed by atoms with Gasteiger partial charge in [0.05, 0.1) is 26.4 Å². The Hall–Kier alpha value is -4.88. The SMILES string of the molecule is C(=Cc1ccc(OCCOCCOCCNCc2ccc(OCc3ccccc3)c(OCc3ccccc3)c2)cc1)c1ccccc1. The Kier molecular flexibility index (Phi) is 14.0. The summed E-state index contributed by atoms with van der Waals surface area (Å²) in [6, 6.07) is 44.7. The molecule has 0 aromatic heterocycles. The lowest BCUT2D eigenvalue weighted by molar-refractivity contribution is 0.0372. The third kappa shape index (κ3) is 12.4. The Labute approximate surface area is 278 Å². The Balaban J connectivity index is 0.940. The second-order valence-electron chi connectivity index (χ2n) is 10.9. The van der Waals surface area contributed by atoms with Gasteiger partial charge >= 0.3 is 0 Å². The van der Waals surface area contributed by atoms with E-state index in [1.54, 1.807) is 0 Å². The Bertz CT molecular complexity index is 1590. The average molecular weight is 630 g/mol. The van der Waals surface area contributed by atoms with Crippen molar-refractivity contribution in [3.8, 4) is 17.2 Å². The summed E-state index contributed by atoms with van der Waals surface area (Å²) in [5.74, 6) is 2.29. The molecule has 0 amide bonds. The molecule has 0 radical (unpaired) electrons. The van der Waals surface area contributed by atoms with E-state index in [1.807, 2.05) is 91.0 Å². The third-order valence-corrected chi connectivity index (χ3v) is 7.25. The zero-order chi connectivity index (χ0) is 32.2. The van der Waals surface area contributed by atoms with E-state index in [0.717, 1.165) is 46.0 Å². The monoisotopic (exact) mass is 629 g/mol. The minimum atomic E-state index is 0.474. The van der Waals surface area contributed by atoms with Gasteiger partial charge in [0.2, 0.25) is 0 Å². The summed E-state index contributed by atoms with van der Waals surface area (Å²) in [4.78, 5) is 0. The van der Waals surface area contributed by atoms with Crippen LogP contribution in [0, 0.1) is 0 Å². The smallest absolute Gasteiger partial charge is 0.162 e. The van der Waals surface area contributed by atoms with Crippen LogP contribution in [-0.2, 0) is 29.2 Å². The van der Waals surface area contributed by atoms with E-state index in [2.05, 4.69) is 59.9 Å². The van der Waals surface area contributed by atoms with Crippen molar-refractivity contribution in [2.75, 3.05) is 39.6 Å². The molecule has 5 aromatic carbocycles. The van der Waals surface area contributed by atoms with Crippen LogP contribution < -0.4 is 19.5 Å². The van der Waals surface area contributed by atoms with Crippen LogP contribution in [0.15, 0.2) is 133 Å². The highest BCUT2D eigenvalue weighted by molar-refractivity contribution is 5.69. The molecule has 0 aliphatic rings. The van der Waals surface area contributed by atoms with Gasteiger partial charge in [-0.15, -0.1) is 0 Å². The lowest BCUT2D eigenvalue weighted by atomic mass is 10.1. The van der Waals surface area contributed by atoms with Gasteiger partial charge in [0.15, 0.2) is 11.5 Å². The third-order valence-electron chi connectivity index (χ3n) is 7.25. The summed E-state index contributed by atoms with van der Waals surface area (Å²) in [5, 5.41) is 3.44. The van der Waals surface area contributed by atoms with Crippen LogP contribution in [0.5, 0.6) is 17.2 Å². The molecule has 5 rings (SSSR count). The van der Waals surface area contributed by atoms with Crippen LogP contribution in [0.3, 0.4) is 0 Å². The first-order valence-electron chi connectivity index (χ1n) is 16.1. The zero-order valence-electron chi connectivity index (χ0n) is 26.8. The number of nitrogens with one attached hydrogen (secondary N) is 1. The van der Waals surface area contributed by atoms with Crippen molar-refractivity contribution in [3.63, 3.8) is 0 Å². The molecule has 0 aliphatic carbocycles. The molecule has 47 heavy (non-hydrogen) atoms. The zero-order valence-corrected chi connectivity index (χ0v) is 26.8. The minimum Gasteiger partial charge on any atom is -0.491 e. The van der Waals surface area contributed by atoms with Gasteiger partial charge in [-0.3, -0.25) is 0 Å². The summed E-state index contributed by atoms with van der Waals surface area (Å²) in [5.41, 5.74) is 5.64. The summed E-state index contributed by atoms with van der Waals surface area (Å²) in [6.07, 6.45) is 4.20. The minimum absolute atomic E-state index is 0.474. The van der Waals surface area contributed by atoms with Crippen LogP contribution in [0.25, 0.3) is 12.2 Å². The lowest BCUT2D eigenvalue weighted by Crippen LogP contribution is -2.20. The molecule has 0 atom stereocenters. The van der Waals surface area contributed by atoms with E-state index in [-0.39, 0.29) is 0 Å². The number of rotatable bonds is 20. The maximum absolute atomic E-state index is 6.20. The first-order chi connectivity index (χ1) is 23.3. The van der Waals surface area contributed by atoms with Crippen molar-refractivity contribution in [1.29, 1.82) is 0 Å². The van der Waals surface area contributed by atoms with Crippen molar-refractivity contribution in [2.24, 2.45) is 0 Å². The normalized spacial score (nSPS) is 11.1. The van der Waals surface area contributed by atoms with Crippen LogP contribution in [-0.4, -0.2) is 39.6 Å². The van der Waals surface area contributed by atoms with E-state index in [9.17, 15) is 0 Å². The molecule has 0 fully saturated rings. The fraction of sp³-hybridized carbons (Fsp3) is 0.220. The highest BCUT2D eigenvalue weighted by Gasteiger charge is 2.09. The molecule has 0 spiro atoms. The molecule has 0 bridgehead atoms. The molecule has 0 heterocycles. The van der Waals surface area contributed by atoms with Crippen molar-refractivity contribution < 1.29 is 23.7 Å². The molecule has 0 unspecified atom stereocenters. The van der Waals surface area contributed by atoms with E-state index < -0.39 is 0 Å². The van der Waals surface area contributed by atoms with E-state index in [4.69, 9.17) is 23.7 Å². The molecular formula is C41H43NO5. The highest BCUT2D eigenvalue weighted by Crippen LogP contribution is 2.30. The lowest BCUT2D eigenvalue weighted by Gasteiger charge is -2.15. The predicted molar refractivity (Wildman–Crippen MR) is 189 cm³/mol. The van der Waals surface area contributed by atoms with Crippen molar-refractivity contribution >= 4 is 12.2 Å². The Morgan fingerprint density at radius 2 is 1.00 bits per heavy atom. The number of hydrogen-bond acceptors (Lipinski definition) is 6. The molecule has 0 aliphatic heterocycles. The van der Waals surface area contributed by atoms with Gasteiger partial charge < -0.3 is 29.0 Å². The second-order valence-corrected chi connectivity index (χ2v) is 10.9. The number of benzene rings is 5. The van der Waals surface area contributed by atoms with Crippen LogP contribution in [0.4, 0.5) is 0 Å². The van der Waals surface area contributed by atoms with Gasteiger partial charge in [-0.1, -0.05) is 121 Å². The summed E-state index contributed by atoms with van der Waals surface area (Å²) < 4.78 is 29.5. The standard InChI is InChI=1S/C41H43NO5/c1-4-10-34(11-5-1)16-17-35-18-21-39(22-19-35)45-29-28-44-27-26-43-25-24-42-31-38-20-23-40(46-32-36-12-6-2-7-13-36)41(30-38)47-33-37-14-8-3-9-15-37/h1-23,30,42H,24-29,31-33H2. The molecular weight excluding hydrogens is 586 g/mol. The average Bonchev–Trinajstić information content (AvgIpc) is 3.13. The summed E-state index contributed by atoms with van der Waals surface area (Å²) >= 11 is 0. The van der Waals surface area contributed by atoms with Crippen LogP contribution in [0.1, 0.15) is 27.8 Å².